The summed E-state index contributed by atoms with van der Waals surface area (Å²) in [5.74, 6) is -2.30. The van der Waals surface area contributed by atoms with Crippen molar-refractivity contribution in [1.29, 1.82) is 0 Å². The van der Waals surface area contributed by atoms with Gasteiger partial charge in [-0.1, -0.05) is 104 Å². The number of carboxylic acids is 1. The number of carbonyl (C=O) groups excluding carboxylic acids is 3. The lowest BCUT2D eigenvalue weighted by Crippen LogP contribution is -2.44. The summed E-state index contributed by atoms with van der Waals surface area (Å²) in [7, 11) is 5.88. The minimum atomic E-state index is -1.61. The Hall–Kier alpha value is -1.71. The summed E-state index contributed by atoms with van der Waals surface area (Å²) in [4.78, 5) is 36.3. The summed E-state index contributed by atoms with van der Waals surface area (Å²) in [5.41, 5.74) is 0. The number of esters is 2. The summed E-state index contributed by atoms with van der Waals surface area (Å²) in [5, 5.41) is 11.5. The van der Waals surface area contributed by atoms with E-state index < -0.39 is 24.3 Å². The predicted molar refractivity (Wildman–Crippen MR) is 159 cm³/mol. The highest BCUT2D eigenvalue weighted by molar-refractivity contribution is 5.70. The van der Waals surface area contributed by atoms with Gasteiger partial charge in [0.25, 0.3) is 0 Å². The summed E-state index contributed by atoms with van der Waals surface area (Å²) >= 11 is 0. The summed E-state index contributed by atoms with van der Waals surface area (Å²) < 4.78 is 22.2. The van der Waals surface area contributed by atoms with Crippen molar-refractivity contribution in [2.75, 3.05) is 47.5 Å². The summed E-state index contributed by atoms with van der Waals surface area (Å²) in [6.07, 6.45) is 15.9. The van der Waals surface area contributed by atoms with Crippen molar-refractivity contribution in [1.82, 2.24) is 0 Å². The van der Waals surface area contributed by atoms with Crippen LogP contribution in [-0.4, -0.2) is 82.3 Å². The van der Waals surface area contributed by atoms with Gasteiger partial charge in [0.1, 0.15) is 13.2 Å². The maximum atomic E-state index is 12.5. The quantitative estimate of drug-likeness (QED) is 0.0501. The van der Waals surface area contributed by atoms with Gasteiger partial charge < -0.3 is 33.3 Å². The van der Waals surface area contributed by atoms with E-state index in [1.165, 1.54) is 57.8 Å². The Labute approximate surface area is 250 Å². The molecule has 2 atom stereocenters. The van der Waals surface area contributed by atoms with Crippen LogP contribution >= 0.6 is 0 Å². The number of aliphatic carboxylic acids is 1. The Bertz CT molecular complexity index is 665. The average molecular weight is 588 g/mol. The maximum Gasteiger partial charge on any atom is 0.306 e. The molecule has 0 aromatic rings. The van der Waals surface area contributed by atoms with Crippen molar-refractivity contribution < 1.29 is 42.9 Å². The van der Waals surface area contributed by atoms with Crippen LogP contribution in [0.3, 0.4) is 0 Å². The molecule has 2 unspecified atom stereocenters. The molecule has 0 aromatic carbocycles. The second-order valence-corrected chi connectivity index (χ2v) is 12.1. The van der Waals surface area contributed by atoms with Gasteiger partial charge in [-0.05, 0) is 12.8 Å². The normalized spacial score (nSPS) is 13.1. The van der Waals surface area contributed by atoms with Crippen LogP contribution in [0.1, 0.15) is 129 Å². The fraction of sp³-hybridized carbons (Fsp3) is 0.906. The molecule has 9 nitrogen and oxygen atoms in total. The Morgan fingerprint density at radius 2 is 1.10 bits per heavy atom. The fourth-order valence-corrected chi connectivity index (χ4v) is 4.24. The molecule has 0 spiro atoms. The van der Waals surface area contributed by atoms with E-state index in [2.05, 4.69) is 13.8 Å². The van der Waals surface area contributed by atoms with E-state index in [-0.39, 0.29) is 32.2 Å². The molecule has 0 heterocycles. The Morgan fingerprint density at radius 1 is 0.634 bits per heavy atom. The molecule has 0 radical (unpaired) electrons. The first-order valence-electron chi connectivity index (χ1n) is 16.2. The minimum Gasteiger partial charge on any atom is -0.545 e. The zero-order valence-corrected chi connectivity index (χ0v) is 26.9. The van der Waals surface area contributed by atoms with E-state index in [1.807, 2.05) is 21.1 Å². The van der Waals surface area contributed by atoms with E-state index in [9.17, 15) is 19.5 Å². The van der Waals surface area contributed by atoms with Crippen molar-refractivity contribution in [3.63, 3.8) is 0 Å². The number of ether oxygens (including phenoxy) is 4. The predicted octanol–water partition coefficient (Wildman–Crippen LogP) is 5.32. The zero-order valence-electron chi connectivity index (χ0n) is 26.9. The van der Waals surface area contributed by atoms with Crippen LogP contribution < -0.4 is 5.11 Å². The smallest absolute Gasteiger partial charge is 0.306 e. The third-order valence-electron chi connectivity index (χ3n) is 6.85. The molecular formula is C32H61NO8. The first-order valence-corrected chi connectivity index (χ1v) is 16.2. The number of carbonyl (C=O) groups is 3. The SMILES string of the molecule is CCCCCCCCCCCCC(=O)OC(COC(=O)CCCCCCCC)COC(OCC[N+](C)(C)C)C(=O)[O-]. The molecule has 0 bridgehead atoms. The van der Waals surface area contributed by atoms with Gasteiger partial charge in [0.05, 0.1) is 40.3 Å². The molecule has 0 saturated carbocycles. The van der Waals surface area contributed by atoms with Gasteiger partial charge in [0.15, 0.2) is 12.4 Å². The number of nitrogens with zero attached hydrogens (tertiary/aromatic N) is 1. The largest absolute Gasteiger partial charge is 0.545 e. The molecule has 0 rings (SSSR count). The number of carboxylic acid groups (broad SMARTS) is 1. The van der Waals surface area contributed by atoms with Gasteiger partial charge in [0, 0.05) is 12.8 Å². The van der Waals surface area contributed by atoms with Gasteiger partial charge in [0.2, 0.25) is 0 Å². The first kappa shape index (κ1) is 39.3. The van der Waals surface area contributed by atoms with Crippen LogP contribution in [0.5, 0.6) is 0 Å². The highest BCUT2D eigenvalue weighted by Gasteiger charge is 2.21. The molecule has 0 N–H and O–H groups in total. The molecule has 41 heavy (non-hydrogen) atoms. The van der Waals surface area contributed by atoms with E-state index in [0.717, 1.165) is 44.9 Å². The topological polar surface area (TPSA) is 111 Å². The van der Waals surface area contributed by atoms with E-state index in [0.29, 0.717) is 17.4 Å². The zero-order chi connectivity index (χ0) is 30.8. The number of likely N-dealkylation sites (N-methyl/N-ethyl adjacent to an activating group) is 1. The van der Waals surface area contributed by atoms with Crippen LogP contribution in [0.25, 0.3) is 0 Å². The van der Waals surface area contributed by atoms with E-state index in [1.54, 1.807) is 0 Å². The number of rotatable bonds is 29. The molecule has 0 aliphatic rings. The van der Waals surface area contributed by atoms with Crippen molar-refractivity contribution in [2.24, 2.45) is 0 Å². The van der Waals surface area contributed by atoms with Crippen LogP contribution in [0.15, 0.2) is 0 Å². The monoisotopic (exact) mass is 587 g/mol. The molecule has 0 fully saturated rings. The second-order valence-electron chi connectivity index (χ2n) is 12.1. The van der Waals surface area contributed by atoms with Gasteiger partial charge in [-0.2, -0.15) is 0 Å². The third-order valence-corrected chi connectivity index (χ3v) is 6.85. The molecular weight excluding hydrogens is 526 g/mol. The number of hydrogen-bond donors (Lipinski definition) is 0. The van der Waals surface area contributed by atoms with E-state index in [4.69, 9.17) is 18.9 Å². The van der Waals surface area contributed by atoms with Gasteiger partial charge in [-0.25, -0.2) is 0 Å². The number of quaternary nitrogens is 1. The van der Waals surface area contributed by atoms with Crippen LogP contribution in [0.4, 0.5) is 0 Å². The van der Waals surface area contributed by atoms with Crippen molar-refractivity contribution >= 4 is 17.9 Å². The maximum absolute atomic E-state index is 12.5. The number of hydrogen-bond acceptors (Lipinski definition) is 8. The molecule has 0 aliphatic carbocycles. The lowest BCUT2D eigenvalue weighted by atomic mass is 10.1. The van der Waals surface area contributed by atoms with Crippen molar-refractivity contribution in [3.05, 3.63) is 0 Å². The van der Waals surface area contributed by atoms with Crippen LogP contribution in [0, 0.1) is 0 Å². The van der Waals surface area contributed by atoms with E-state index >= 15 is 0 Å². The molecule has 0 saturated heterocycles. The Morgan fingerprint density at radius 3 is 1.56 bits per heavy atom. The Kier molecular flexibility index (Phi) is 24.9. The van der Waals surface area contributed by atoms with Gasteiger partial charge in [-0.3, -0.25) is 9.59 Å². The second kappa shape index (κ2) is 26.0. The molecule has 0 aromatic heterocycles. The fourth-order valence-electron chi connectivity index (χ4n) is 4.24. The average Bonchev–Trinajstić information content (AvgIpc) is 2.91. The number of unbranched alkanes of at least 4 members (excludes halogenated alkanes) is 14. The standard InChI is InChI=1S/C32H61NO8/c1-6-8-10-12-14-15-16-17-19-21-23-30(35)41-28(26-39-29(34)22-20-18-13-11-9-7-2)27-40-32(31(36)37)38-25-24-33(3,4)5/h28,32H,6-27H2,1-5H3. The molecule has 0 amide bonds. The third kappa shape index (κ3) is 26.9. The minimum absolute atomic E-state index is 0.151. The Balaban J connectivity index is 4.62. The first-order chi connectivity index (χ1) is 19.6. The summed E-state index contributed by atoms with van der Waals surface area (Å²) in [6.45, 7) is 4.62. The van der Waals surface area contributed by atoms with Crippen LogP contribution in [0.2, 0.25) is 0 Å². The van der Waals surface area contributed by atoms with Gasteiger partial charge in [-0.15, -0.1) is 0 Å². The lowest BCUT2D eigenvalue weighted by molar-refractivity contribution is -0.870. The van der Waals surface area contributed by atoms with Crippen LogP contribution in [-0.2, 0) is 33.3 Å². The molecule has 0 aliphatic heterocycles. The van der Waals surface area contributed by atoms with Crippen molar-refractivity contribution in [3.8, 4) is 0 Å². The summed E-state index contributed by atoms with van der Waals surface area (Å²) in [6, 6.07) is 0. The molecule has 242 valence electrons. The van der Waals surface area contributed by atoms with Gasteiger partial charge >= 0.3 is 11.9 Å². The highest BCUT2D eigenvalue weighted by atomic mass is 16.7. The lowest BCUT2D eigenvalue weighted by Gasteiger charge is -2.26. The highest BCUT2D eigenvalue weighted by Crippen LogP contribution is 2.13. The molecule has 9 heteroatoms. The van der Waals surface area contributed by atoms with Crippen molar-refractivity contribution in [2.45, 2.75) is 142 Å².